The maximum Gasteiger partial charge on any atom is 0.0624 e. The molecule has 0 amide bonds. The Morgan fingerprint density at radius 2 is 1.94 bits per heavy atom. The summed E-state index contributed by atoms with van der Waals surface area (Å²) in [7, 11) is 2.02. The molecule has 0 aliphatic carbocycles. The number of likely N-dealkylation sites (N-methyl/N-ethyl adjacent to an activating group) is 1. The van der Waals surface area contributed by atoms with E-state index in [1.54, 1.807) is 0 Å². The summed E-state index contributed by atoms with van der Waals surface area (Å²) in [4.78, 5) is 0. The van der Waals surface area contributed by atoms with Gasteiger partial charge in [-0.2, -0.15) is 0 Å². The molecule has 18 heavy (non-hydrogen) atoms. The van der Waals surface area contributed by atoms with E-state index in [2.05, 4.69) is 18.3 Å². The Morgan fingerprint density at radius 1 is 1.17 bits per heavy atom. The van der Waals surface area contributed by atoms with E-state index in [4.69, 9.17) is 23.2 Å². The molecule has 1 atom stereocenters. The molecule has 0 heterocycles. The van der Waals surface area contributed by atoms with Gasteiger partial charge >= 0.3 is 0 Å². The lowest BCUT2D eigenvalue weighted by molar-refractivity contribution is 0.485. The minimum Gasteiger partial charge on any atom is -0.317 e. The number of unbranched alkanes of at least 4 members (excludes halogenated alkanes) is 3. The van der Waals surface area contributed by atoms with Gasteiger partial charge in [0.25, 0.3) is 0 Å². The maximum atomic E-state index is 6.22. The van der Waals surface area contributed by atoms with Gasteiger partial charge in [0.1, 0.15) is 0 Å². The molecule has 0 radical (unpaired) electrons. The normalized spacial score (nSPS) is 12.7. The fourth-order valence-corrected chi connectivity index (χ4v) is 2.53. The van der Waals surface area contributed by atoms with Crippen LogP contribution >= 0.6 is 23.2 Å². The topological polar surface area (TPSA) is 12.0 Å². The standard InChI is InChI=1S/C15H23Cl2N/c1-3-4-5-6-9-13(18-2)11-12-8-7-10-14(16)15(12)17/h7-8,10,13,18H,3-6,9,11H2,1-2H3. The molecule has 0 aliphatic rings. The summed E-state index contributed by atoms with van der Waals surface area (Å²) in [5.74, 6) is 0. The van der Waals surface area contributed by atoms with Gasteiger partial charge < -0.3 is 5.32 Å². The van der Waals surface area contributed by atoms with E-state index in [1.165, 1.54) is 32.1 Å². The first kappa shape index (κ1) is 15.8. The summed E-state index contributed by atoms with van der Waals surface area (Å²) in [6.45, 7) is 2.24. The molecular weight excluding hydrogens is 265 g/mol. The Hall–Kier alpha value is -0.240. The lowest BCUT2D eigenvalue weighted by Gasteiger charge is -2.17. The van der Waals surface area contributed by atoms with E-state index in [9.17, 15) is 0 Å². The van der Waals surface area contributed by atoms with Gasteiger partial charge in [0.2, 0.25) is 0 Å². The van der Waals surface area contributed by atoms with E-state index in [0.717, 1.165) is 12.0 Å². The third kappa shape index (κ3) is 5.17. The average molecular weight is 288 g/mol. The predicted molar refractivity (Wildman–Crippen MR) is 81.8 cm³/mol. The largest absolute Gasteiger partial charge is 0.317 e. The zero-order valence-corrected chi connectivity index (χ0v) is 12.8. The maximum absolute atomic E-state index is 6.22. The lowest BCUT2D eigenvalue weighted by Crippen LogP contribution is -2.27. The molecule has 1 aromatic carbocycles. The van der Waals surface area contributed by atoms with E-state index in [-0.39, 0.29) is 0 Å². The van der Waals surface area contributed by atoms with Crippen LogP contribution in [0.15, 0.2) is 18.2 Å². The second-order valence-electron chi connectivity index (χ2n) is 4.75. The summed E-state index contributed by atoms with van der Waals surface area (Å²) < 4.78 is 0. The van der Waals surface area contributed by atoms with Gasteiger partial charge in [-0.3, -0.25) is 0 Å². The molecule has 0 saturated carbocycles. The van der Waals surface area contributed by atoms with Crippen molar-refractivity contribution in [1.82, 2.24) is 5.32 Å². The van der Waals surface area contributed by atoms with Crippen LogP contribution in [0.5, 0.6) is 0 Å². The zero-order chi connectivity index (χ0) is 13.4. The number of benzene rings is 1. The molecule has 3 heteroatoms. The Kier molecular flexibility index (Phi) is 7.73. The molecule has 0 aliphatic heterocycles. The molecule has 0 fully saturated rings. The highest BCUT2D eigenvalue weighted by Gasteiger charge is 2.11. The van der Waals surface area contributed by atoms with Crippen LogP contribution < -0.4 is 5.32 Å². The fourth-order valence-electron chi connectivity index (χ4n) is 2.14. The molecule has 0 spiro atoms. The van der Waals surface area contributed by atoms with Gasteiger partial charge in [0.15, 0.2) is 0 Å². The van der Waals surface area contributed by atoms with Crippen LogP contribution in [0, 0.1) is 0 Å². The van der Waals surface area contributed by atoms with Gasteiger partial charge in [-0.25, -0.2) is 0 Å². The summed E-state index contributed by atoms with van der Waals surface area (Å²) in [5, 5.41) is 4.72. The fraction of sp³-hybridized carbons (Fsp3) is 0.600. The van der Waals surface area contributed by atoms with Crippen LogP contribution in [0.2, 0.25) is 10.0 Å². The molecule has 0 saturated heterocycles. The predicted octanol–water partition coefficient (Wildman–Crippen LogP) is 5.09. The molecule has 0 aromatic heterocycles. The molecule has 1 unspecified atom stereocenters. The average Bonchev–Trinajstić information content (AvgIpc) is 2.38. The highest BCUT2D eigenvalue weighted by molar-refractivity contribution is 6.42. The second-order valence-corrected chi connectivity index (χ2v) is 5.54. The van der Waals surface area contributed by atoms with E-state index < -0.39 is 0 Å². The quantitative estimate of drug-likeness (QED) is 0.657. The van der Waals surface area contributed by atoms with Crippen molar-refractivity contribution in [3.63, 3.8) is 0 Å². The third-order valence-corrected chi connectivity index (χ3v) is 4.17. The second kappa shape index (κ2) is 8.79. The Balaban J connectivity index is 2.49. The number of hydrogen-bond donors (Lipinski definition) is 1. The molecule has 1 nitrogen and oxygen atoms in total. The van der Waals surface area contributed by atoms with E-state index >= 15 is 0 Å². The monoisotopic (exact) mass is 287 g/mol. The smallest absolute Gasteiger partial charge is 0.0624 e. The van der Waals surface area contributed by atoms with Crippen LogP contribution in [0.1, 0.15) is 44.6 Å². The van der Waals surface area contributed by atoms with Crippen LogP contribution in [-0.2, 0) is 6.42 Å². The number of rotatable bonds is 8. The minimum absolute atomic E-state index is 0.484. The van der Waals surface area contributed by atoms with E-state index in [1.807, 2.05) is 19.2 Å². The summed E-state index contributed by atoms with van der Waals surface area (Å²) in [6.07, 6.45) is 7.34. The van der Waals surface area contributed by atoms with Crippen molar-refractivity contribution in [2.45, 2.75) is 51.5 Å². The van der Waals surface area contributed by atoms with Crippen molar-refractivity contribution in [3.8, 4) is 0 Å². The van der Waals surface area contributed by atoms with Crippen molar-refractivity contribution in [3.05, 3.63) is 33.8 Å². The van der Waals surface area contributed by atoms with Crippen molar-refractivity contribution in [2.24, 2.45) is 0 Å². The van der Waals surface area contributed by atoms with E-state index in [0.29, 0.717) is 16.1 Å². The van der Waals surface area contributed by atoms with Crippen molar-refractivity contribution in [2.75, 3.05) is 7.05 Å². The number of nitrogens with one attached hydrogen (secondary N) is 1. The Bertz CT molecular complexity index is 352. The van der Waals surface area contributed by atoms with Crippen LogP contribution in [-0.4, -0.2) is 13.1 Å². The van der Waals surface area contributed by atoms with Gasteiger partial charge in [0.05, 0.1) is 10.0 Å². The van der Waals surface area contributed by atoms with Gasteiger partial charge in [0, 0.05) is 6.04 Å². The van der Waals surface area contributed by atoms with Gasteiger partial charge in [-0.15, -0.1) is 0 Å². The minimum atomic E-state index is 0.484. The first-order valence-electron chi connectivity index (χ1n) is 6.79. The molecule has 1 rings (SSSR count). The van der Waals surface area contributed by atoms with Crippen LogP contribution in [0.25, 0.3) is 0 Å². The Morgan fingerprint density at radius 3 is 2.61 bits per heavy atom. The first-order valence-corrected chi connectivity index (χ1v) is 7.54. The van der Waals surface area contributed by atoms with Crippen LogP contribution in [0.4, 0.5) is 0 Å². The SMILES string of the molecule is CCCCCCC(Cc1cccc(Cl)c1Cl)NC. The number of halogens is 2. The Labute approximate surface area is 121 Å². The first-order chi connectivity index (χ1) is 8.69. The summed E-state index contributed by atoms with van der Waals surface area (Å²) in [6, 6.07) is 6.35. The molecule has 1 N–H and O–H groups in total. The van der Waals surface area contributed by atoms with Crippen molar-refractivity contribution in [1.29, 1.82) is 0 Å². The molecule has 1 aromatic rings. The highest BCUT2D eigenvalue weighted by atomic mass is 35.5. The van der Waals surface area contributed by atoms with Gasteiger partial charge in [-0.1, -0.05) is 67.9 Å². The molecule has 102 valence electrons. The van der Waals surface area contributed by atoms with Crippen LogP contribution in [0.3, 0.4) is 0 Å². The summed E-state index contributed by atoms with van der Waals surface area (Å²) in [5.41, 5.74) is 1.14. The molecular formula is C15H23Cl2N. The third-order valence-electron chi connectivity index (χ3n) is 3.31. The number of hydrogen-bond acceptors (Lipinski definition) is 1. The molecule has 0 bridgehead atoms. The van der Waals surface area contributed by atoms with Crippen molar-refractivity contribution >= 4 is 23.2 Å². The summed E-state index contributed by atoms with van der Waals surface area (Å²) >= 11 is 12.3. The van der Waals surface area contributed by atoms with Gasteiger partial charge in [-0.05, 0) is 31.5 Å². The highest BCUT2D eigenvalue weighted by Crippen LogP contribution is 2.27. The van der Waals surface area contributed by atoms with Crippen molar-refractivity contribution < 1.29 is 0 Å². The lowest BCUT2D eigenvalue weighted by atomic mass is 10.00. The zero-order valence-electron chi connectivity index (χ0n) is 11.3.